The molecule has 3 aromatic carbocycles. The van der Waals surface area contributed by atoms with Crippen LogP contribution in [0.15, 0.2) is 60.7 Å². The first-order chi connectivity index (χ1) is 10.7. The van der Waals surface area contributed by atoms with Crippen LogP contribution in [-0.2, 0) is 0 Å². The number of nitrogens with two attached hydrogens (primary N) is 1. The average Bonchev–Trinajstić information content (AvgIpc) is 2.54. The van der Waals surface area contributed by atoms with Crippen LogP contribution in [0.5, 0.6) is 0 Å². The first kappa shape index (κ1) is 13.0. The zero-order valence-electron chi connectivity index (χ0n) is 11.6. The lowest BCUT2D eigenvalue weighted by molar-refractivity contribution is 1.24. The van der Waals surface area contributed by atoms with Gasteiger partial charge in [0.1, 0.15) is 5.82 Å². The molecule has 3 nitrogen and oxygen atoms in total. The van der Waals surface area contributed by atoms with Gasteiger partial charge in [0.25, 0.3) is 0 Å². The van der Waals surface area contributed by atoms with Crippen LogP contribution in [-0.4, -0.2) is 9.97 Å². The molecule has 0 saturated heterocycles. The number of halogens is 1. The molecule has 0 bridgehead atoms. The third-order valence-electron chi connectivity index (χ3n) is 3.70. The molecule has 4 heteroatoms. The maximum absolute atomic E-state index is 6.14. The summed E-state index contributed by atoms with van der Waals surface area (Å²) in [5.74, 6) is 1.06. The topological polar surface area (TPSA) is 51.8 Å². The van der Waals surface area contributed by atoms with Crippen molar-refractivity contribution >= 4 is 39.1 Å². The van der Waals surface area contributed by atoms with E-state index in [0.717, 1.165) is 27.2 Å². The fourth-order valence-corrected chi connectivity index (χ4v) is 2.83. The minimum absolute atomic E-state index is 0.478. The van der Waals surface area contributed by atoms with Crippen molar-refractivity contribution in [2.75, 3.05) is 5.73 Å². The van der Waals surface area contributed by atoms with E-state index in [1.165, 1.54) is 0 Å². The molecule has 22 heavy (non-hydrogen) atoms. The van der Waals surface area contributed by atoms with Gasteiger partial charge < -0.3 is 5.73 Å². The Labute approximate surface area is 132 Å². The quantitative estimate of drug-likeness (QED) is 0.519. The number of rotatable bonds is 1. The summed E-state index contributed by atoms with van der Waals surface area (Å²) in [6, 6.07) is 19.6. The Morgan fingerprint density at radius 2 is 1.68 bits per heavy atom. The van der Waals surface area contributed by atoms with Crippen molar-refractivity contribution in [3.05, 3.63) is 65.7 Å². The molecule has 0 aliphatic carbocycles. The van der Waals surface area contributed by atoms with E-state index in [1.807, 2.05) is 54.6 Å². The fourth-order valence-electron chi connectivity index (χ4n) is 2.64. The standard InChI is InChI=1S/C18H12ClN3/c19-13-6-3-5-12(10-13)18-21-16-14-7-2-1-4-11(14)8-9-15(16)17(20)22-18/h1-10H,(H2,20,21,22). The Morgan fingerprint density at radius 3 is 2.55 bits per heavy atom. The predicted octanol–water partition coefficient (Wildman–Crippen LogP) is 4.69. The molecule has 0 fully saturated rings. The van der Waals surface area contributed by atoms with Gasteiger partial charge in [0, 0.05) is 21.4 Å². The van der Waals surface area contributed by atoms with Crippen LogP contribution in [0.4, 0.5) is 5.82 Å². The normalized spacial score (nSPS) is 11.1. The lowest BCUT2D eigenvalue weighted by Gasteiger charge is -2.08. The highest BCUT2D eigenvalue weighted by Gasteiger charge is 2.10. The minimum Gasteiger partial charge on any atom is -0.383 e. The van der Waals surface area contributed by atoms with Crippen LogP contribution in [0.25, 0.3) is 33.1 Å². The second-order valence-corrected chi connectivity index (χ2v) is 5.56. The third kappa shape index (κ3) is 2.07. The first-order valence-electron chi connectivity index (χ1n) is 6.93. The third-order valence-corrected chi connectivity index (χ3v) is 3.94. The number of hydrogen-bond acceptors (Lipinski definition) is 3. The maximum atomic E-state index is 6.14. The molecule has 0 aliphatic rings. The number of aromatic nitrogens is 2. The highest BCUT2D eigenvalue weighted by molar-refractivity contribution is 6.30. The maximum Gasteiger partial charge on any atom is 0.162 e. The summed E-state index contributed by atoms with van der Waals surface area (Å²) in [6.45, 7) is 0. The molecular weight excluding hydrogens is 294 g/mol. The molecule has 0 spiro atoms. The largest absolute Gasteiger partial charge is 0.383 e. The van der Waals surface area contributed by atoms with Crippen LogP contribution in [0.1, 0.15) is 0 Å². The van der Waals surface area contributed by atoms with E-state index in [1.54, 1.807) is 0 Å². The summed E-state index contributed by atoms with van der Waals surface area (Å²) >= 11 is 6.06. The Bertz CT molecular complexity index is 1010. The van der Waals surface area contributed by atoms with E-state index < -0.39 is 0 Å². The van der Waals surface area contributed by atoms with Crippen molar-refractivity contribution in [1.29, 1.82) is 0 Å². The van der Waals surface area contributed by atoms with Crippen molar-refractivity contribution < 1.29 is 0 Å². The Balaban J connectivity index is 2.08. The SMILES string of the molecule is Nc1nc(-c2cccc(Cl)c2)nc2c1ccc1ccccc12. The molecule has 106 valence electrons. The molecule has 1 heterocycles. The van der Waals surface area contributed by atoms with Crippen LogP contribution in [0, 0.1) is 0 Å². The van der Waals surface area contributed by atoms with Gasteiger partial charge in [-0.05, 0) is 23.6 Å². The van der Waals surface area contributed by atoms with E-state index in [2.05, 4.69) is 11.1 Å². The van der Waals surface area contributed by atoms with E-state index in [0.29, 0.717) is 16.7 Å². The van der Waals surface area contributed by atoms with Gasteiger partial charge in [0.15, 0.2) is 5.82 Å². The van der Waals surface area contributed by atoms with Crippen molar-refractivity contribution in [2.24, 2.45) is 0 Å². The first-order valence-corrected chi connectivity index (χ1v) is 7.31. The molecule has 0 radical (unpaired) electrons. The summed E-state index contributed by atoms with van der Waals surface area (Å²) in [6.07, 6.45) is 0. The summed E-state index contributed by atoms with van der Waals surface area (Å²) < 4.78 is 0. The number of nitrogen functional groups attached to an aromatic ring is 1. The van der Waals surface area contributed by atoms with Crippen LogP contribution in [0.3, 0.4) is 0 Å². The van der Waals surface area contributed by atoms with E-state index >= 15 is 0 Å². The van der Waals surface area contributed by atoms with Crippen LogP contribution >= 0.6 is 11.6 Å². The van der Waals surface area contributed by atoms with Crippen LogP contribution < -0.4 is 5.73 Å². The van der Waals surface area contributed by atoms with Gasteiger partial charge in [-0.2, -0.15) is 0 Å². The number of anilines is 1. The lowest BCUT2D eigenvalue weighted by atomic mass is 10.1. The smallest absolute Gasteiger partial charge is 0.162 e. The molecule has 0 atom stereocenters. The fraction of sp³-hybridized carbons (Fsp3) is 0. The van der Waals surface area contributed by atoms with Gasteiger partial charge in [-0.1, -0.05) is 54.1 Å². The molecule has 4 aromatic rings. The van der Waals surface area contributed by atoms with Gasteiger partial charge >= 0.3 is 0 Å². The number of benzene rings is 3. The Morgan fingerprint density at radius 1 is 0.818 bits per heavy atom. The predicted molar refractivity (Wildman–Crippen MR) is 91.9 cm³/mol. The van der Waals surface area contributed by atoms with Gasteiger partial charge in [0.05, 0.1) is 5.52 Å². The summed E-state index contributed by atoms with van der Waals surface area (Å²) in [5, 5.41) is 3.71. The zero-order valence-corrected chi connectivity index (χ0v) is 12.4. The van der Waals surface area contributed by atoms with Crippen molar-refractivity contribution in [3.63, 3.8) is 0 Å². The molecule has 0 amide bonds. The second kappa shape index (κ2) is 4.97. The van der Waals surface area contributed by atoms with Crippen molar-refractivity contribution in [3.8, 4) is 11.4 Å². The Hall–Kier alpha value is -2.65. The van der Waals surface area contributed by atoms with Crippen molar-refractivity contribution in [1.82, 2.24) is 9.97 Å². The van der Waals surface area contributed by atoms with Gasteiger partial charge in [0.2, 0.25) is 0 Å². The summed E-state index contributed by atoms with van der Waals surface area (Å²) in [5.41, 5.74) is 7.86. The number of nitrogens with zero attached hydrogens (tertiary/aromatic N) is 2. The van der Waals surface area contributed by atoms with E-state index in [9.17, 15) is 0 Å². The lowest BCUT2D eigenvalue weighted by Crippen LogP contribution is -1.98. The highest BCUT2D eigenvalue weighted by Crippen LogP contribution is 2.29. The van der Waals surface area contributed by atoms with Crippen molar-refractivity contribution in [2.45, 2.75) is 0 Å². The van der Waals surface area contributed by atoms with Gasteiger partial charge in [-0.25, -0.2) is 9.97 Å². The molecule has 1 aromatic heterocycles. The molecule has 0 saturated carbocycles. The minimum atomic E-state index is 0.478. The second-order valence-electron chi connectivity index (χ2n) is 5.13. The molecule has 4 rings (SSSR count). The summed E-state index contributed by atoms with van der Waals surface area (Å²) in [7, 11) is 0. The number of fused-ring (bicyclic) bond motifs is 3. The van der Waals surface area contributed by atoms with E-state index in [4.69, 9.17) is 22.3 Å². The van der Waals surface area contributed by atoms with E-state index in [-0.39, 0.29) is 0 Å². The highest BCUT2D eigenvalue weighted by atomic mass is 35.5. The zero-order chi connectivity index (χ0) is 15.1. The average molecular weight is 306 g/mol. The molecule has 2 N–H and O–H groups in total. The molecular formula is C18H12ClN3. The van der Waals surface area contributed by atoms with Crippen LogP contribution in [0.2, 0.25) is 5.02 Å². The van der Waals surface area contributed by atoms with Gasteiger partial charge in [-0.15, -0.1) is 0 Å². The summed E-state index contributed by atoms with van der Waals surface area (Å²) in [4.78, 5) is 9.15. The monoisotopic (exact) mass is 305 g/mol. The van der Waals surface area contributed by atoms with Gasteiger partial charge in [-0.3, -0.25) is 0 Å². The molecule has 0 aliphatic heterocycles. The molecule has 0 unspecified atom stereocenters. The Kier molecular flexibility index (Phi) is 2.94. The number of hydrogen-bond donors (Lipinski definition) is 1.